The van der Waals surface area contributed by atoms with Gasteiger partial charge in [0.15, 0.2) is 0 Å². The first-order valence-corrected chi connectivity index (χ1v) is 13.4. The molecule has 38 heavy (non-hydrogen) atoms. The number of carboxylic acids is 1. The molecule has 1 heterocycles. The second-order valence-corrected chi connectivity index (χ2v) is 10.5. The summed E-state index contributed by atoms with van der Waals surface area (Å²) in [5.41, 5.74) is 5.60. The zero-order valence-electron chi connectivity index (χ0n) is 21.5. The van der Waals surface area contributed by atoms with Gasteiger partial charge in [0.1, 0.15) is 11.4 Å². The van der Waals surface area contributed by atoms with Crippen LogP contribution in [-0.4, -0.2) is 22.2 Å². The molecule has 1 aromatic heterocycles. The summed E-state index contributed by atoms with van der Waals surface area (Å²) in [6.45, 7) is 7.19. The lowest BCUT2D eigenvalue weighted by molar-refractivity contribution is 0.0684. The summed E-state index contributed by atoms with van der Waals surface area (Å²) in [7, 11) is 0. The molecule has 0 saturated carbocycles. The second kappa shape index (κ2) is 12.2. The zero-order chi connectivity index (χ0) is 27.4. The Balaban J connectivity index is 1.59. The smallest absolute Gasteiger partial charge is 0.352 e. The van der Waals surface area contributed by atoms with Gasteiger partial charge in [0, 0.05) is 39.1 Å². The minimum absolute atomic E-state index is 0.195. The molecular weight excluding hydrogens is 543 g/mol. The molecule has 0 aliphatic carbocycles. The van der Waals surface area contributed by atoms with Crippen LogP contribution >= 0.6 is 34.8 Å². The Hall–Kier alpha value is -3.12. The first kappa shape index (κ1) is 27.9. The highest BCUT2D eigenvalue weighted by Crippen LogP contribution is 2.34. The number of carboxylic acid groups (broad SMARTS) is 1. The van der Waals surface area contributed by atoms with Crippen LogP contribution in [0.15, 0.2) is 66.9 Å². The molecule has 0 saturated heterocycles. The van der Waals surface area contributed by atoms with Crippen molar-refractivity contribution < 1.29 is 14.6 Å². The largest absolute Gasteiger partial charge is 0.494 e. The zero-order valence-corrected chi connectivity index (χ0v) is 23.7. The fourth-order valence-electron chi connectivity index (χ4n) is 4.39. The van der Waals surface area contributed by atoms with E-state index in [-0.39, 0.29) is 5.69 Å². The Labute approximate surface area is 238 Å². The predicted octanol–water partition coefficient (Wildman–Crippen LogP) is 8.88. The lowest BCUT2D eigenvalue weighted by Crippen LogP contribution is -2.17. The standard InChI is InChI=1S/C30H29Cl3N2O3/c1-19-7-4-8-22(13-19)35(18-25-26(31)9-5-10-27(25)32)23-16-28(30(36)37)34(17-23)11-6-12-38-24-14-20(2)29(33)21(3)15-24/h4-5,7-10,13-17H,6,11-12,18H2,1-3H3,(H,36,37). The maximum atomic E-state index is 12.2. The molecule has 198 valence electrons. The SMILES string of the molecule is Cc1cccc(N(Cc2c(Cl)cccc2Cl)c2cc(C(=O)O)n(CCCOc3cc(C)c(Cl)c(C)c3)c2)c1. The third kappa shape index (κ3) is 6.47. The number of aryl methyl sites for hydroxylation is 4. The molecule has 0 bridgehead atoms. The average Bonchev–Trinajstić information content (AvgIpc) is 3.29. The van der Waals surface area contributed by atoms with Crippen LogP contribution in [0, 0.1) is 20.8 Å². The first-order chi connectivity index (χ1) is 18.1. The van der Waals surface area contributed by atoms with Crippen molar-refractivity contribution in [3.63, 3.8) is 0 Å². The van der Waals surface area contributed by atoms with Gasteiger partial charge >= 0.3 is 5.97 Å². The van der Waals surface area contributed by atoms with Gasteiger partial charge in [-0.25, -0.2) is 4.79 Å². The average molecular weight is 572 g/mol. The molecule has 4 aromatic rings. The Kier molecular flexibility index (Phi) is 8.93. The van der Waals surface area contributed by atoms with Crippen molar-refractivity contribution in [2.24, 2.45) is 0 Å². The Morgan fingerprint density at radius 1 is 0.921 bits per heavy atom. The van der Waals surface area contributed by atoms with E-state index in [9.17, 15) is 9.90 Å². The predicted molar refractivity (Wildman–Crippen MR) is 156 cm³/mol. The summed E-state index contributed by atoms with van der Waals surface area (Å²) in [4.78, 5) is 14.2. The van der Waals surface area contributed by atoms with Crippen LogP contribution < -0.4 is 9.64 Å². The van der Waals surface area contributed by atoms with E-state index >= 15 is 0 Å². The van der Waals surface area contributed by atoms with E-state index < -0.39 is 5.97 Å². The van der Waals surface area contributed by atoms with Gasteiger partial charge < -0.3 is 19.3 Å². The number of nitrogens with zero attached hydrogens (tertiary/aromatic N) is 2. The molecule has 0 fully saturated rings. The summed E-state index contributed by atoms with van der Waals surface area (Å²) < 4.78 is 7.67. The van der Waals surface area contributed by atoms with Gasteiger partial charge in [-0.05, 0) is 86.3 Å². The van der Waals surface area contributed by atoms with Gasteiger partial charge in [-0.1, -0.05) is 53.0 Å². The minimum atomic E-state index is -0.999. The van der Waals surface area contributed by atoms with Crippen molar-refractivity contribution in [1.82, 2.24) is 4.57 Å². The number of aromatic nitrogens is 1. The number of aromatic carboxylic acids is 1. The topological polar surface area (TPSA) is 54.7 Å². The molecule has 0 aliphatic rings. The minimum Gasteiger partial charge on any atom is -0.494 e. The first-order valence-electron chi connectivity index (χ1n) is 12.2. The van der Waals surface area contributed by atoms with Crippen molar-refractivity contribution in [3.05, 3.63) is 110 Å². The number of halogens is 3. The van der Waals surface area contributed by atoms with Gasteiger partial charge in [0.05, 0.1) is 18.8 Å². The van der Waals surface area contributed by atoms with E-state index in [4.69, 9.17) is 39.5 Å². The van der Waals surface area contributed by atoms with Gasteiger partial charge in [-0.15, -0.1) is 0 Å². The maximum Gasteiger partial charge on any atom is 0.352 e. The fraction of sp³-hybridized carbons (Fsp3) is 0.233. The number of hydrogen-bond acceptors (Lipinski definition) is 3. The molecular formula is C30H29Cl3N2O3. The Morgan fingerprint density at radius 3 is 2.21 bits per heavy atom. The highest BCUT2D eigenvalue weighted by atomic mass is 35.5. The third-order valence-corrected chi connectivity index (χ3v) is 7.63. The van der Waals surface area contributed by atoms with E-state index in [1.807, 2.05) is 68.3 Å². The van der Waals surface area contributed by atoms with Crippen molar-refractivity contribution >= 4 is 52.1 Å². The van der Waals surface area contributed by atoms with Crippen LogP contribution in [0.2, 0.25) is 15.1 Å². The van der Waals surface area contributed by atoms with Crippen LogP contribution in [0.5, 0.6) is 5.75 Å². The summed E-state index contributed by atoms with van der Waals surface area (Å²) in [5.74, 6) is -0.251. The Bertz CT molecular complexity index is 1420. The van der Waals surface area contributed by atoms with Crippen LogP contribution in [0.1, 0.15) is 39.2 Å². The van der Waals surface area contributed by atoms with Crippen molar-refractivity contribution in [1.29, 1.82) is 0 Å². The molecule has 0 atom stereocenters. The molecule has 0 spiro atoms. The van der Waals surface area contributed by atoms with Gasteiger partial charge in [0.2, 0.25) is 0 Å². The molecule has 0 unspecified atom stereocenters. The molecule has 0 radical (unpaired) electrons. The van der Waals surface area contributed by atoms with E-state index in [2.05, 4.69) is 0 Å². The fourth-order valence-corrected chi connectivity index (χ4v) is 5.02. The third-order valence-electron chi connectivity index (χ3n) is 6.33. The number of benzene rings is 3. The van der Waals surface area contributed by atoms with Crippen molar-refractivity contribution in [2.45, 2.75) is 40.3 Å². The van der Waals surface area contributed by atoms with E-state index in [1.54, 1.807) is 28.8 Å². The van der Waals surface area contributed by atoms with Crippen LogP contribution in [-0.2, 0) is 13.1 Å². The lowest BCUT2D eigenvalue weighted by atomic mass is 10.1. The highest BCUT2D eigenvalue weighted by Gasteiger charge is 2.20. The molecule has 5 nitrogen and oxygen atoms in total. The van der Waals surface area contributed by atoms with Crippen molar-refractivity contribution in [3.8, 4) is 5.75 Å². The molecule has 3 aromatic carbocycles. The maximum absolute atomic E-state index is 12.2. The monoisotopic (exact) mass is 570 g/mol. The lowest BCUT2D eigenvalue weighted by Gasteiger charge is -2.25. The van der Waals surface area contributed by atoms with Crippen LogP contribution in [0.4, 0.5) is 11.4 Å². The van der Waals surface area contributed by atoms with E-state index in [1.165, 1.54) is 0 Å². The number of carbonyl (C=O) groups is 1. The van der Waals surface area contributed by atoms with Gasteiger partial charge in [0.25, 0.3) is 0 Å². The molecule has 4 rings (SSSR count). The summed E-state index contributed by atoms with van der Waals surface area (Å²) in [5, 5.41) is 11.8. The van der Waals surface area contributed by atoms with Crippen LogP contribution in [0.25, 0.3) is 0 Å². The van der Waals surface area contributed by atoms with E-state index in [0.717, 1.165) is 44.4 Å². The number of anilines is 2. The van der Waals surface area contributed by atoms with E-state index in [0.29, 0.717) is 36.2 Å². The summed E-state index contributed by atoms with van der Waals surface area (Å²) in [6, 6.07) is 18.9. The van der Waals surface area contributed by atoms with Crippen LogP contribution in [0.3, 0.4) is 0 Å². The van der Waals surface area contributed by atoms with Gasteiger partial charge in [-0.2, -0.15) is 0 Å². The highest BCUT2D eigenvalue weighted by molar-refractivity contribution is 6.36. The second-order valence-electron chi connectivity index (χ2n) is 9.28. The molecule has 0 aliphatic heterocycles. The number of ether oxygens (including phenoxy) is 1. The van der Waals surface area contributed by atoms with Crippen molar-refractivity contribution in [2.75, 3.05) is 11.5 Å². The summed E-state index contributed by atoms with van der Waals surface area (Å²) >= 11 is 19.3. The normalized spacial score (nSPS) is 11.0. The molecule has 8 heteroatoms. The summed E-state index contributed by atoms with van der Waals surface area (Å²) in [6.07, 6.45) is 2.48. The molecule has 1 N–H and O–H groups in total. The quantitative estimate of drug-likeness (QED) is 0.193. The Morgan fingerprint density at radius 2 is 1.58 bits per heavy atom. The molecule has 0 amide bonds. The number of rotatable bonds is 10. The van der Waals surface area contributed by atoms with Gasteiger partial charge in [-0.3, -0.25) is 0 Å². The number of hydrogen-bond donors (Lipinski definition) is 1.